The lowest BCUT2D eigenvalue weighted by atomic mass is 9.96. The second-order valence-corrected chi connectivity index (χ2v) is 5.68. The Morgan fingerprint density at radius 2 is 2.10 bits per heavy atom. The number of amides is 2. The summed E-state index contributed by atoms with van der Waals surface area (Å²) in [4.78, 5) is 12.1. The van der Waals surface area contributed by atoms with E-state index in [1.165, 1.54) is 19.3 Å². The van der Waals surface area contributed by atoms with Crippen molar-refractivity contribution in [3.05, 3.63) is 29.8 Å². The third-order valence-corrected chi connectivity index (χ3v) is 3.96. The molecule has 4 heteroatoms. The van der Waals surface area contributed by atoms with E-state index in [2.05, 4.69) is 10.6 Å². The van der Waals surface area contributed by atoms with Gasteiger partial charge in [0.1, 0.15) is 5.75 Å². The topological polar surface area (TPSA) is 50.4 Å². The Balaban J connectivity index is 1.86. The summed E-state index contributed by atoms with van der Waals surface area (Å²) in [5.41, 5.74) is 1.06. The van der Waals surface area contributed by atoms with E-state index in [0.29, 0.717) is 12.6 Å². The fourth-order valence-corrected chi connectivity index (χ4v) is 2.79. The Morgan fingerprint density at radius 1 is 1.33 bits per heavy atom. The lowest BCUT2D eigenvalue weighted by Gasteiger charge is -2.24. The lowest BCUT2D eigenvalue weighted by Crippen LogP contribution is -2.43. The summed E-state index contributed by atoms with van der Waals surface area (Å²) in [6.07, 6.45) is 5.93. The number of hydrogen-bond acceptors (Lipinski definition) is 2. The van der Waals surface area contributed by atoms with Gasteiger partial charge in [0, 0.05) is 6.04 Å². The van der Waals surface area contributed by atoms with Crippen molar-refractivity contribution >= 4 is 6.03 Å². The number of urea groups is 1. The van der Waals surface area contributed by atoms with Crippen LogP contribution in [0.2, 0.25) is 0 Å². The van der Waals surface area contributed by atoms with Gasteiger partial charge in [-0.15, -0.1) is 0 Å². The third-order valence-electron chi connectivity index (χ3n) is 3.96. The van der Waals surface area contributed by atoms with Crippen LogP contribution in [-0.2, 0) is 0 Å². The van der Waals surface area contributed by atoms with Crippen molar-refractivity contribution in [2.75, 3.05) is 6.61 Å². The molecule has 1 aliphatic rings. The molecule has 1 fully saturated rings. The molecule has 2 rings (SSSR count). The van der Waals surface area contributed by atoms with Gasteiger partial charge in [-0.3, -0.25) is 0 Å². The van der Waals surface area contributed by atoms with Crippen LogP contribution in [0.4, 0.5) is 4.79 Å². The molecule has 2 amide bonds. The van der Waals surface area contributed by atoms with Gasteiger partial charge >= 0.3 is 6.03 Å². The Morgan fingerprint density at radius 3 is 2.81 bits per heavy atom. The van der Waals surface area contributed by atoms with Crippen molar-refractivity contribution in [1.29, 1.82) is 0 Å². The zero-order chi connectivity index (χ0) is 15.1. The number of hydrogen-bond donors (Lipinski definition) is 2. The Hall–Kier alpha value is -1.71. The lowest BCUT2D eigenvalue weighted by molar-refractivity contribution is 0.229. The minimum absolute atomic E-state index is 0.0333. The van der Waals surface area contributed by atoms with Gasteiger partial charge < -0.3 is 15.4 Å². The number of ether oxygens (including phenoxy) is 1. The number of nitrogens with one attached hydrogen (secondary N) is 2. The molecule has 0 heterocycles. The molecule has 1 aliphatic carbocycles. The fraction of sp³-hybridized carbons (Fsp3) is 0.588. The quantitative estimate of drug-likeness (QED) is 0.867. The van der Waals surface area contributed by atoms with Crippen LogP contribution in [-0.4, -0.2) is 18.7 Å². The maximum absolute atomic E-state index is 12.1. The summed E-state index contributed by atoms with van der Waals surface area (Å²) in [6.45, 7) is 4.60. The molecule has 0 aliphatic heterocycles. The van der Waals surface area contributed by atoms with Gasteiger partial charge in [0.05, 0.1) is 12.6 Å². The largest absolute Gasteiger partial charge is 0.494 e. The normalized spacial score (nSPS) is 17.0. The first kappa shape index (κ1) is 15.7. The van der Waals surface area contributed by atoms with Crippen LogP contribution < -0.4 is 15.4 Å². The predicted octanol–water partition coefficient (Wildman–Crippen LogP) is 3.78. The van der Waals surface area contributed by atoms with E-state index in [1.54, 1.807) is 0 Å². The minimum atomic E-state index is -0.0730. The van der Waals surface area contributed by atoms with E-state index in [1.807, 2.05) is 38.1 Å². The van der Waals surface area contributed by atoms with E-state index in [0.717, 1.165) is 24.2 Å². The molecule has 0 bridgehead atoms. The molecule has 1 saturated carbocycles. The molecule has 4 nitrogen and oxygen atoms in total. The highest BCUT2D eigenvalue weighted by atomic mass is 16.5. The predicted molar refractivity (Wildman–Crippen MR) is 84.6 cm³/mol. The highest BCUT2D eigenvalue weighted by Crippen LogP contribution is 2.20. The maximum Gasteiger partial charge on any atom is 0.315 e. The summed E-state index contributed by atoms with van der Waals surface area (Å²) in [6, 6.07) is 8.11. The molecule has 0 saturated heterocycles. The number of carbonyl (C=O) groups is 1. The molecular formula is C17H26N2O2. The van der Waals surface area contributed by atoms with E-state index in [9.17, 15) is 4.79 Å². The Bertz CT molecular complexity index is 456. The first-order valence-electron chi connectivity index (χ1n) is 7.99. The fourth-order valence-electron chi connectivity index (χ4n) is 2.79. The molecule has 1 atom stereocenters. The van der Waals surface area contributed by atoms with E-state index in [-0.39, 0.29) is 12.1 Å². The van der Waals surface area contributed by atoms with Gasteiger partial charge in [-0.2, -0.15) is 0 Å². The van der Waals surface area contributed by atoms with Crippen LogP contribution in [0.1, 0.15) is 57.6 Å². The SMILES string of the molecule is CCOc1cccc(C(C)NC(=O)NC2CCCCC2)c1. The van der Waals surface area contributed by atoms with E-state index >= 15 is 0 Å². The number of rotatable bonds is 5. The van der Waals surface area contributed by atoms with Crippen LogP contribution in [0.3, 0.4) is 0 Å². The average Bonchev–Trinajstić information content (AvgIpc) is 2.48. The van der Waals surface area contributed by atoms with Gasteiger partial charge in [0.2, 0.25) is 0 Å². The van der Waals surface area contributed by atoms with Crippen molar-refractivity contribution < 1.29 is 9.53 Å². The summed E-state index contributed by atoms with van der Waals surface area (Å²) in [7, 11) is 0. The van der Waals surface area contributed by atoms with Crippen molar-refractivity contribution in [3.8, 4) is 5.75 Å². The van der Waals surface area contributed by atoms with Gasteiger partial charge in [-0.25, -0.2) is 4.79 Å². The van der Waals surface area contributed by atoms with Crippen LogP contribution in [0.5, 0.6) is 5.75 Å². The monoisotopic (exact) mass is 290 g/mol. The zero-order valence-corrected chi connectivity index (χ0v) is 13.0. The first-order chi connectivity index (χ1) is 10.2. The zero-order valence-electron chi connectivity index (χ0n) is 13.0. The first-order valence-corrected chi connectivity index (χ1v) is 7.99. The van der Waals surface area contributed by atoms with Gasteiger partial charge in [0.15, 0.2) is 0 Å². The summed E-state index contributed by atoms with van der Waals surface area (Å²) >= 11 is 0. The number of carbonyl (C=O) groups excluding carboxylic acids is 1. The van der Waals surface area contributed by atoms with Crippen LogP contribution in [0.25, 0.3) is 0 Å². The van der Waals surface area contributed by atoms with Crippen LogP contribution in [0, 0.1) is 0 Å². The van der Waals surface area contributed by atoms with Crippen molar-refractivity contribution in [1.82, 2.24) is 10.6 Å². The third kappa shape index (κ3) is 4.96. The molecule has 1 aromatic carbocycles. The molecule has 1 unspecified atom stereocenters. The molecule has 0 spiro atoms. The second kappa shape index (κ2) is 7.91. The molecule has 2 N–H and O–H groups in total. The molecule has 0 radical (unpaired) electrons. The molecule has 116 valence electrons. The van der Waals surface area contributed by atoms with Crippen molar-refractivity contribution in [2.24, 2.45) is 0 Å². The molecule has 21 heavy (non-hydrogen) atoms. The maximum atomic E-state index is 12.1. The van der Waals surface area contributed by atoms with Gasteiger partial charge in [-0.1, -0.05) is 31.4 Å². The van der Waals surface area contributed by atoms with Crippen LogP contribution >= 0.6 is 0 Å². The number of benzene rings is 1. The average molecular weight is 290 g/mol. The van der Waals surface area contributed by atoms with Crippen molar-refractivity contribution in [2.45, 2.75) is 58.0 Å². The van der Waals surface area contributed by atoms with Gasteiger partial charge in [-0.05, 0) is 44.4 Å². The smallest absolute Gasteiger partial charge is 0.315 e. The molecule has 1 aromatic rings. The van der Waals surface area contributed by atoms with Crippen LogP contribution in [0.15, 0.2) is 24.3 Å². The molecular weight excluding hydrogens is 264 g/mol. The standard InChI is InChI=1S/C17H26N2O2/c1-3-21-16-11-7-8-14(12-16)13(2)18-17(20)19-15-9-5-4-6-10-15/h7-8,11-13,15H,3-6,9-10H2,1-2H3,(H2,18,19,20). The van der Waals surface area contributed by atoms with E-state index < -0.39 is 0 Å². The Labute approximate surface area is 127 Å². The minimum Gasteiger partial charge on any atom is -0.494 e. The summed E-state index contributed by atoms with van der Waals surface area (Å²) in [5.74, 6) is 0.844. The summed E-state index contributed by atoms with van der Waals surface area (Å²) in [5, 5.41) is 6.09. The Kier molecular flexibility index (Phi) is 5.90. The highest BCUT2D eigenvalue weighted by Gasteiger charge is 2.17. The van der Waals surface area contributed by atoms with Gasteiger partial charge in [0.25, 0.3) is 0 Å². The highest BCUT2D eigenvalue weighted by molar-refractivity contribution is 5.74. The van der Waals surface area contributed by atoms with Crippen molar-refractivity contribution in [3.63, 3.8) is 0 Å². The second-order valence-electron chi connectivity index (χ2n) is 5.68. The summed E-state index contributed by atoms with van der Waals surface area (Å²) < 4.78 is 5.49. The van der Waals surface area contributed by atoms with E-state index in [4.69, 9.17) is 4.74 Å². The molecule has 0 aromatic heterocycles.